The molecule has 1 unspecified atom stereocenters. The molecule has 0 saturated heterocycles. The number of fused-ring (bicyclic) bond motifs is 1. The van der Waals surface area contributed by atoms with E-state index >= 15 is 0 Å². The van der Waals surface area contributed by atoms with Gasteiger partial charge in [0.1, 0.15) is 11.4 Å². The predicted molar refractivity (Wildman–Crippen MR) is 97.8 cm³/mol. The van der Waals surface area contributed by atoms with Crippen LogP contribution < -0.4 is 5.73 Å². The van der Waals surface area contributed by atoms with Crippen molar-refractivity contribution in [3.8, 4) is 0 Å². The minimum absolute atomic E-state index is 0. The SMILES string of the molecule is CC(N)(C(=O)N1CCn2ccnc2C1)c1ccc(Br)cc1.Cl.Cl. The van der Waals surface area contributed by atoms with Gasteiger partial charge in [-0.05, 0) is 24.6 Å². The van der Waals surface area contributed by atoms with Crippen LogP contribution in [0.1, 0.15) is 18.3 Å². The number of nitrogens with zero attached hydrogens (tertiary/aromatic N) is 3. The number of carbonyl (C=O) groups is 1. The van der Waals surface area contributed by atoms with E-state index in [1.165, 1.54) is 0 Å². The lowest BCUT2D eigenvalue weighted by Crippen LogP contribution is -2.52. The van der Waals surface area contributed by atoms with Gasteiger partial charge in [-0.15, -0.1) is 24.8 Å². The largest absolute Gasteiger partial charge is 0.332 e. The average Bonchev–Trinajstić information content (AvgIpc) is 2.94. The van der Waals surface area contributed by atoms with Gasteiger partial charge >= 0.3 is 0 Å². The van der Waals surface area contributed by atoms with Crippen molar-refractivity contribution in [2.75, 3.05) is 6.54 Å². The Morgan fingerprint density at radius 2 is 1.91 bits per heavy atom. The Labute approximate surface area is 156 Å². The van der Waals surface area contributed by atoms with E-state index in [0.29, 0.717) is 13.1 Å². The molecule has 5 nitrogen and oxygen atoms in total. The van der Waals surface area contributed by atoms with E-state index in [1.807, 2.05) is 30.5 Å². The molecule has 1 aromatic carbocycles. The Balaban J connectivity index is 0.00000132. The number of rotatable bonds is 2. The zero-order valence-corrected chi connectivity index (χ0v) is 15.8. The fourth-order valence-electron chi connectivity index (χ4n) is 2.59. The zero-order valence-electron chi connectivity index (χ0n) is 12.6. The Hall–Kier alpha value is -1.08. The number of imidazole rings is 1. The second-order valence-corrected chi connectivity index (χ2v) is 6.39. The molecule has 0 saturated carbocycles. The summed E-state index contributed by atoms with van der Waals surface area (Å²) in [6.07, 6.45) is 3.70. The zero-order chi connectivity index (χ0) is 15.0. The maximum absolute atomic E-state index is 12.8. The van der Waals surface area contributed by atoms with Crippen LogP contribution in [0.2, 0.25) is 0 Å². The minimum Gasteiger partial charge on any atom is -0.332 e. The molecule has 0 radical (unpaired) electrons. The second kappa shape index (κ2) is 7.66. The highest BCUT2D eigenvalue weighted by atomic mass is 79.9. The number of carbonyl (C=O) groups excluding carboxylic acids is 1. The van der Waals surface area contributed by atoms with Gasteiger partial charge in [0, 0.05) is 30.0 Å². The number of amides is 1. The first-order chi connectivity index (χ1) is 9.98. The van der Waals surface area contributed by atoms with Crippen LogP contribution >= 0.6 is 40.7 Å². The summed E-state index contributed by atoms with van der Waals surface area (Å²) in [6.45, 7) is 3.69. The van der Waals surface area contributed by atoms with Crippen molar-refractivity contribution in [1.29, 1.82) is 0 Å². The lowest BCUT2D eigenvalue weighted by Gasteiger charge is -2.34. The molecule has 0 aliphatic carbocycles. The molecular formula is C15H19BrCl2N4O. The van der Waals surface area contributed by atoms with E-state index in [0.717, 1.165) is 22.4 Å². The fourth-order valence-corrected chi connectivity index (χ4v) is 2.86. The summed E-state index contributed by atoms with van der Waals surface area (Å²) in [5, 5.41) is 0. The first kappa shape index (κ1) is 20.0. The second-order valence-electron chi connectivity index (χ2n) is 5.47. The Kier molecular flexibility index (Phi) is 6.65. The maximum atomic E-state index is 12.8. The summed E-state index contributed by atoms with van der Waals surface area (Å²) < 4.78 is 3.03. The molecule has 1 amide bonds. The van der Waals surface area contributed by atoms with Crippen molar-refractivity contribution in [2.24, 2.45) is 5.73 Å². The third-order valence-corrected chi connectivity index (χ3v) is 4.45. The van der Waals surface area contributed by atoms with Gasteiger partial charge < -0.3 is 15.2 Å². The third kappa shape index (κ3) is 3.88. The highest BCUT2D eigenvalue weighted by Gasteiger charge is 2.36. The molecule has 2 N–H and O–H groups in total. The molecule has 23 heavy (non-hydrogen) atoms. The quantitative estimate of drug-likeness (QED) is 0.810. The predicted octanol–water partition coefficient (Wildman–Crippen LogP) is 2.71. The molecule has 1 aliphatic heterocycles. The lowest BCUT2D eigenvalue weighted by molar-refractivity contribution is -0.138. The molecule has 0 spiro atoms. The van der Waals surface area contributed by atoms with Gasteiger partial charge in [0.2, 0.25) is 5.91 Å². The summed E-state index contributed by atoms with van der Waals surface area (Å²) in [5.41, 5.74) is 6.10. The monoisotopic (exact) mass is 420 g/mol. The standard InChI is InChI=1S/C15H17BrN4O.2ClH/c1-15(17,11-2-4-12(16)5-3-11)14(21)20-9-8-19-7-6-18-13(19)10-20;;/h2-7H,8-10,17H2,1H3;2*1H. The smallest absolute Gasteiger partial charge is 0.247 e. The topological polar surface area (TPSA) is 64.2 Å². The Morgan fingerprint density at radius 3 is 2.57 bits per heavy atom. The van der Waals surface area contributed by atoms with Crippen molar-refractivity contribution < 1.29 is 4.79 Å². The summed E-state index contributed by atoms with van der Waals surface area (Å²) in [7, 11) is 0. The molecule has 8 heteroatoms. The van der Waals surface area contributed by atoms with Gasteiger partial charge in [-0.25, -0.2) is 4.98 Å². The van der Waals surface area contributed by atoms with E-state index < -0.39 is 5.54 Å². The van der Waals surface area contributed by atoms with E-state index in [4.69, 9.17) is 5.73 Å². The molecule has 1 aromatic heterocycles. The molecule has 1 atom stereocenters. The van der Waals surface area contributed by atoms with E-state index in [1.54, 1.807) is 18.0 Å². The van der Waals surface area contributed by atoms with E-state index in [-0.39, 0.29) is 30.7 Å². The molecule has 3 rings (SSSR count). The molecule has 2 aromatic rings. The molecule has 0 fully saturated rings. The van der Waals surface area contributed by atoms with Crippen molar-refractivity contribution in [1.82, 2.24) is 14.5 Å². The Morgan fingerprint density at radius 1 is 1.26 bits per heavy atom. The number of aromatic nitrogens is 2. The number of halogens is 3. The molecule has 2 heterocycles. The third-order valence-electron chi connectivity index (χ3n) is 3.92. The number of benzene rings is 1. The number of nitrogens with two attached hydrogens (primary N) is 1. The van der Waals surface area contributed by atoms with Crippen molar-refractivity contribution in [3.05, 3.63) is 52.5 Å². The van der Waals surface area contributed by atoms with Crippen molar-refractivity contribution >= 4 is 46.7 Å². The summed E-state index contributed by atoms with van der Waals surface area (Å²) in [5.74, 6) is 0.834. The lowest BCUT2D eigenvalue weighted by atomic mass is 9.91. The van der Waals surface area contributed by atoms with Gasteiger partial charge in [-0.2, -0.15) is 0 Å². The van der Waals surface area contributed by atoms with Gasteiger partial charge in [-0.3, -0.25) is 4.79 Å². The van der Waals surface area contributed by atoms with Gasteiger partial charge in [-0.1, -0.05) is 28.1 Å². The van der Waals surface area contributed by atoms with Crippen LogP contribution in [0.3, 0.4) is 0 Å². The number of hydrogen-bond donors (Lipinski definition) is 1. The molecule has 126 valence electrons. The van der Waals surface area contributed by atoms with Crippen LogP contribution in [0, 0.1) is 0 Å². The molecular weight excluding hydrogens is 403 g/mol. The number of hydrogen-bond acceptors (Lipinski definition) is 3. The van der Waals surface area contributed by atoms with Crippen molar-refractivity contribution in [2.45, 2.75) is 25.6 Å². The molecule has 1 aliphatic rings. The van der Waals surface area contributed by atoms with E-state index in [2.05, 4.69) is 25.5 Å². The van der Waals surface area contributed by atoms with Crippen LogP contribution in [0.25, 0.3) is 0 Å². The van der Waals surface area contributed by atoms with Crippen LogP contribution in [-0.4, -0.2) is 26.9 Å². The van der Waals surface area contributed by atoms with Crippen LogP contribution in [0.4, 0.5) is 0 Å². The van der Waals surface area contributed by atoms with Gasteiger partial charge in [0.25, 0.3) is 0 Å². The fraction of sp³-hybridized carbons (Fsp3) is 0.333. The Bertz CT molecular complexity index is 672. The van der Waals surface area contributed by atoms with E-state index in [9.17, 15) is 4.79 Å². The summed E-state index contributed by atoms with van der Waals surface area (Å²) in [6, 6.07) is 7.56. The summed E-state index contributed by atoms with van der Waals surface area (Å²) in [4.78, 5) is 18.8. The maximum Gasteiger partial charge on any atom is 0.247 e. The minimum atomic E-state index is -1.03. The summed E-state index contributed by atoms with van der Waals surface area (Å²) >= 11 is 3.39. The normalized spacial score (nSPS) is 15.7. The average molecular weight is 422 g/mol. The van der Waals surface area contributed by atoms with Gasteiger partial charge in [0.05, 0.1) is 6.54 Å². The van der Waals surface area contributed by atoms with Crippen LogP contribution in [0.15, 0.2) is 41.1 Å². The van der Waals surface area contributed by atoms with Crippen LogP contribution in [-0.2, 0) is 23.4 Å². The first-order valence-corrected chi connectivity index (χ1v) is 7.62. The van der Waals surface area contributed by atoms with Crippen molar-refractivity contribution in [3.63, 3.8) is 0 Å². The van der Waals surface area contributed by atoms with Crippen LogP contribution in [0.5, 0.6) is 0 Å². The highest BCUT2D eigenvalue weighted by Crippen LogP contribution is 2.24. The highest BCUT2D eigenvalue weighted by molar-refractivity contribution is 9.10. The first-order valence-electron chi connectivity index (χ1n) is 6.83. The molecule has 0 bridgehead atoms. The van der Waals surface area contributed by atoms with Gasteiger partial charge in [0.15, 0.2) is 0 Å².